The number of hydrogen-bond donors (Lipinski definition) is 0. The Bertz CT molecular complexity index is 1440. The molecule has 0 nitrogen and oxygen atoms in total. The topological polar surface area (TPSA) is 0 Å². The molecule has 190 valence electrons. The molecule has 0 unspecified atom stereocenters. The van der Waals surface area contributed by atoms with Gasteiger partial charge in [-0.15, -0.1) is 0 Å². The van der Waals surface area contributed by atoms with E-state index in [2.05, 4.69) is 162 Å². The first-order chi connectivity index (χ1) is 18.3. The molecule has 0 aromatic heterocycles. The fourth-order valence-corrected chi connectivity index (χ4v) is 27.8. The van der Waals surface area contributed by atoms with E-state index in [4.69, 9.17) is 0 Å². The molecule has 0 atom stereocenters. The van der Waals surface area contributed by atoms with Gasteiger partial charge in [0, 0.05) is 0 Å². The summed E-state index contributed by atoms with van der Waals surface area (Å²) < 4.78 is 0. The molecule has 5 rings (SSSR count). The van der Waals surface area contributed by atoms with Crippen molar-refractivity contribution in [2.75, 3.05) is 0 Å². The molecule has 0 spiro atoms. The summed E-state index contributed by atoms with van der Waals surface area (Å²) in [6.07, 6.45) is 0. The van der Waals surface area contributed by atoms with Crippen molar-refractivity contribution in [2.45, 2.75) is 41.2 Å². The Morgan fingerprint density at radius 3 is 0.763 bits per heavy atom. The van der Waals surface area contributed by atoms with Gasteiger partial charge >= 0.3 is 0 Å². The fraction of sp³-hybridized carbons (Fsp3) is 0.167. The van der Waals surface area contributed by atoms with E-state index in [1.807, 2.05) is 0 Å². The second-order valence-electron chi connectivity index (χ2n) is 10.9. The van der Waals surface area contributed by atoms with Crippen LogP contribution in [0.25, 0.3) is 0 Å². The van der Waals surface area contributed by atoms with E-state index in [0.29, 0.717) is 0 Å². The first-order valence-electron chi connectivity index (χ1n) is 13.6. The average Bonchev–Trinajstić information content (AvgIpc) is 2.92. The Balaban J connectivity index is 2.14. The van der Waals surface area contributed by atoms with E-state index >= 15 is 0 Å². The summed E-state index contributed by atoms with van der Waals surface area (Å²) in [4.78, 5) is 0. The van der Waals surface area contributed by atoms with Crippen molar-refractivity contribution >= 4 is 41.1 Å². The zero-order valence-corrected chi connectivity index (χ0v) is 25.5. The van der Waals surface area contributed by atoms with E-state index < -0.39 is 15.2 Å². The van der Waals surface area contributed by atoms with Crippen LogP contribution < -0.4 is 25.9 Å². The Morgan fingerprint density at radius 1 is 0.316 bits per heavy atom. The van der Waals surface area contributed by atoms with Gasteiger partial charge in [0.05, 0.1) is 0 Å². The van der Waals surface area contributed by atoms with Crippen LogP contribution in [0.15, 0.2) is 121 Å². The monoisotopic (exact) mass is 526 g/mol. The number of hydrogen-bond acceptors (Lipinski definition) is 0. The third-order valence-corrected chi connectivity index (χ3v) is 26.2. The van der Waals surface area contributed by atoms with Crippen molar-refractivity contribution in [3.05, 3.63) is 149 Å². The highest BCUT2D eigenvalue weighted by molar-refractivity contribution is 7.63. The van der Waals surface area contributed by atoms with E-state index in [0.717, 1.165) is 0 Å². The molecule has 0 amide bonds. The van der Waals surface area contributed by atoms with Crippen LogP contribution in [-0.4, -0.2) is 15.2 Å². The van der Waals surface area contributed by atoms with Crippen molar-refractivity contribution in [3.8, 4) is 0 Å². The largest absolute Gasteiger partial charge is 0.150 e. The molecule has 0 saturated carbocycles. The molecule has 0 aliphatic rings. The summed E-state index contributed by atoms with van der Waals surface area (Å²) in [6, 6.07) is 46.3. The second kappa shape index (κ2) is 10.4. The van der Waals surface area contributed by atoms with Crippen LogP contribution in [0.3, 0.4) is 0 Å². The minimum Gasteiger partial charge on any atom is -0.0626 e. The molecule has 5 aromatic rings. The van der Waals surface area contributed by atoms with Crippen LogP contribution in [0, 0.1) is 34.6 Å². The van der Waals surface area contributed by atoms with Crippen LogP contribution in [0.2, 0.25) is 6.55 Å². The van der Waals surface area contributed by atoms with Crippen molar-refractivity contribution in [3.63, 3.8) is 0 Å². The molecule has 0 aliphatic carbocycles. The fourth-order valence-electron chi connectivity index (χ4n) is 7.04. The van der Waals surface area contributed by atoms with Gasteiger partial charge in [0.2, 0.25) is 0 Å². The SMILES string of the molecule is Cc1ccccc1[Si](C)(c1ccccc1C)[Si](c1ccccc1C)(c1ccccc1C)c1ccccc1C. The number of aryl methyl sites for hydroxylation is 5. The summed E-state index contributed by atoms with van der Waals surface area (Å²) >= 11 is 0. The van der Waals surface area contributed by atoms with Crippen molar-refractivity contribution in [1.82, 2.24) is 0 Å². The molecule has 0 saturated heterocycles. The highest BCUT2D eigenvalue weighted by Gasteiger charge is 2.59. The maximum atomic E-state index is 2.69. The third-order valence-electron chi connectivity index (χ3n) is 8.76. The Morgan fingerprint density at radius 2 is 0.526 bits per heavy atom. The van der Waals surface area contributed by atoms with Gasteiger partial charge in [0.25, 0.3) is 0 Å². The quantitative estimate of drug-likeness (QED) is 0.198. The summed E-state index contributed by atoms with van der Waals surface area (Å²) in [5.74, 6) is 0. The molecule has 5 aromatic carbocycles. The van der Waals surface area contributed by atoms with Crippen LogP contribution in [-0.2, 0) is 0 Å². The van der Waals surface area contributed by atoms with Gasteiger partial charge in [-0.3, -0.25) is 0 Å². The van der Waals surface area contributed by atoms with E-state index in [9.17, 15) is 0 Å². The minimum absolute atomic E-state index is 1.39. The minimum atomic E-state index is -2.72. The van der Waals surface area contributed by atoms with E-state index in [1.165, 1.54) is 27.8 Å². The average molecular weight is 527 g/mol. The lowest BCUT2D eigenvalue weighted by Gasteiger charge is -2.50. The van der Waals surface area contributed by atoms with Crippen LogP contribution in [0.4, 0.5) is 0 Å². The third kappa shape index (κ3) is 3.95. The molecule has 0 radical (unpaired) electrons. The molecule has 0 fully saturated rings. The van der Waals surface area contributed by atoms with Crippen LogP contribution in [0.1, 0.15) is 27.8 Å². The number of rotatable bonds is 6. The standard InChI is InChI=1S/C36H38Si2/c1-27-17-7-12-22-32(27)37(6,33-23-13-8-18-28(33)2)38(34-24-14-9-19-29(34)3,35-25-15-10-20-30(35)4)36-26-16-11-21-31(36)5/h7-26H,1-6H3. The summed E-state index contributed by atoms with van der Waals surface area (Å²) in [6.45, 7) is 14.3. The zero-order chi connectivity index (χ0) is 26.9. The van der Waals surface area contributed by atoms with Gasteiger partial charge in [0.1, 0.15) is 7.59 Å². The predicted octanol–water partition coefficient (Wildman–Crippen LogP) is 5.67. The van der Waals surface area contributed by atoms with Gasteiger partial charge in [-0.25, -0.2) is 0 Å². The maximum absolute atomic E-state index is 2.72. The maximum Gasteiger partial charge on any atom is 0.150 e. The molecular formula is C36H38Si2. The van der Waals surface area contributed by atoms with Gasteiger partial charge in [0.15, 0.2) is 7.59 Å². The normalized spacial score (nSPS) is 11.9. The smallest absolute Gasteiger partial charge is 0.0626 e. The summed E-state index contributed by atoms with van der Waals surface area (Å²) in [7, 11) is -5.26. The summed E-state index contributed by atoms with van der Waals surface area (Å²) in [5, 5.41) is 7.74. The number of benzene rings is 5. The van der Waals surface area contributed by atoms with Gasteiger partial charge < -0.3 is 0 Å². The highest BCUT2D eigenvalue weighted by Crippen LogP contribution is 2.27. The molecule has 0 bridgehead atoms. The molecule has 0 aliphatic heterocycles. The molecule has 0 N–H and O–H groups in total. The van der Waals surface area contributed by atoms with Crippen molar-refractivity contribution in [1.29, 1.82) is 0 Å². The second-order valence-corrected chi connectivity index (χ2v) is 22.6. The van der Waals surface area contributed by atoms with Gasteiger partial charge in [-0.1, -0.05) is 166 Å². The van der Waals surface area contributed by atoms with E-state index in [-0.39, 0.29) is 0 Å². The van der Waals surface area contributed by atoms with E-state index in [1.54, 1.807) is 25.9 Å². The lowest BCUT2D eigenvalue weighted by Crippen LogP contribution is -2.90. The highest BCUT2D eigenvalue weighted by atomic mass is 29.3. The van der Waals surface area contributed by atoms with Crippen LogP contribution >= 0.6 is 0 Å². The van der Waals surface area contributed by atoms with Crippen LogP contribution in [0.5, 0.6) is 0 Å². The van der Waals surface area contributed by atoms with Crippen molar-refractivity contribution < 1.29 is 0 Å². The van der Waals surface area contributed by atoms with Crippen molar-refractivity contribution in [2.24, 2.45) is 0 Å². The molecule has 0 heterocycles. The Hall–Kier alpha value is -3.47. The summed E-state index contributed by atoms with van der Waals surface area (Å²) in [5.41, 5.74) is 6.99. The lowest BCUT2D eigenvalue weighted by atomic mass is 10.2. The molecular weight excluding hydrogens is 489 g/mol. The predicted molar refractivity (Wildman–Crippen MR) is 171 cm³/mol. The Kier molecular flexibility index (Phi) is 7.13. The lowest BCUT2D eigenvalue weighted by molar-refractivity contribution is 1.45. The first kappa shape index (κ1) is 26.2. The molecule has 38 heavy (non-hydrogen) atoms. The first-order valence-corrected chi connectivity index (χ1v) is 19.1. The zero-order valence-electron chi connectivity index (χ0n) is 23.5. The van der Waals surface area contributed by atoms with Gasteiger partial charge in [-0.05, 0) is 50.2 Å². The van der Waals surface area contributed by atoms with Gasteiger partial charge in [-0.2, -0.15) is 0 Å². The Labute approximate surface area is 230 Å². The molecule has 2 heteroatoms.